The van der Waals surface area contributed by atoms with Crippen LogP contribution in [0.25, 0.3) is 34.3 Å². The molecule has 3 aromatic carbocycles. The number of nitrogens with zero attached hydrogens (tertiary/aromatic N) is 6. The number of carbonyl (C=O) groups is 2. The first-order valence-electron chi connectivity index (χ1n) is 15.8. The molecule has 7 aromatic rings. The van der Waals surface area contributed by atoms with Gasteiger partial charge in [-0.05, 0) is 48.2 Å². The summed E-state index contributed by atoms with van der Waals surface area (Å²) in [7, 11) is 0. The summed E-state index contributed by atoms with van der Waals surface area (Å²) in [6.45, 7) is 1.23. The van der Waals surface area contributed by atoms with E-state index >= 15 is 0 Å². The molecule has 246 valence electrons. The summed E-state index contributed by atoms with van der Waals surface area (Å²) in [5.74, 6) is -0.341. The van der Waals surface area contributed by atoms with Crippen LogP contribution in [0, 0.1) is 5.82 Å². The Morgan fingerprint density at radius 3 is 2.47 bits per heavy atom. The molecular formula is C35H29FN8O5. The molecule has 0 saturated carbocycles. The highest BCUT2D eigenvalue weighted by Crippen LogP contribution is 2.27. The number of aromatic nitrogens is 6. The predicted molar refractivity (Wildman–Crippen MR) is 173 cm³/mol. The zero-order valence-electron chi connectivity index (χ0n) is 26.0. The topological polar surface area (TPSA) is 154 Å². The Bertz CT molecular complexity index is 2280. The number of carbonyl (C=O) groups excluding carboxylic acids is 2. The average Bonchev–Trinajstić information content (AvgIpc) is 3.96. The molecule has 2 N–H and O–H groups in total. The zero-order valence-corrected chi connectivity index (χ0v) is 26.0. The second-order valence-electron chi connectivity index (χ2n) is 11.6. The molecule has 4 aromatic heterocycles. The smallest absolute Gasteiger partial charge is 0.325 e. The van der Waals surface area contributed by atoms with Crippen LogP contribution >= 0.6 is 0 Å². The van der Waals surface area contributed by atoms with Gasteiger partial charge in [-0.25, -0.2) is 4.39 Å². The molecule has 1 aliphatic heterocycles. The molecule has 0 radical (unpaired) electrons. The van der Waals surface area contributed by atoms with E-state index in [0.717, 1.165) is 29.5 Å². The summed E-state index contributed by atoms with van der Waals surface area (Å²) in [6.07, 6.45) is 3.41. The quantitative estimate of drug-likeness (QED) is 0.209. The highest BCUT2D eigenvalue weighted by molar-refractivity contribution is 5.98. The molecule has 0 spiro atoms. The fraction of sp³-hybridized carbons (Fsp3) is 0.200. The van der Waals surface area contributed by atoms with Crippen LogP contribution in [0.2, 0.25) is 0 Å². The Hall–Kier alpha value is -6.15. The number of halogens is 1. The van der Waals surface area contributed by atoms with Crippen molar-refractivity contribution < 1.29 is 27.6 Å². The number of oxazole rings is 2. The van der Waals surface area contributed by atoms with Crippen molar-refractivity contribution in [1.82, 2.24) is 39.8 Å². The number of ether oxygens (including phenoxy) is 1. The lowest BCUT2D eigenvalue weighted by Crippen LogP contribution is -2.32. The van der Waals surface area contributed by atoms with Crippen molar-refractivity contribution in [2.24, 2.45) is 0 Å². The maximum atomic E-state index is 13.6. The first kappa shape index (κ1) is 30.2. The number of amides is 2. The lowest BCUT2D eigenvalue weighted by atomic mass is 10.0. The van der Waals surface area contributed by atoms with Gasteiger partial charge in [0.15, 0.2) is 5.82 Å². The van der Waals surface area contributed by atoms with E-state index in [1.54, 1.807) is 12.1 Å². The van der Waals surface area contributed by atoms with E-state index in [1.807, 2.05) is 54.6 Å². The minimum Gasteiger partial charge on any atom is -0.416 e. The summed E-state index contributed by atoms with van der Waals surface area (Å²) in [5.41, 5.74) is 4.01. The van der Waals surface area contributed by atoms with Crippen molar-refractivity contribution in [1.29, 1.82) is 0 Å². The Morgan fingerprint density at radius 1 is 0.857 bits per heavy atom. The van der Waals surface area contributed by atoms with E-state index in [-0.39, 0.29) is 48.1 Å². The van der Waals surface area contributed by atoms with Crippen molar-refractivity contribution in [3.05, 3.63) is 119 Å². The van der Waals surface area contributed by atoms with E-state index in [9.17, 15) is 14.0 Å². The van der Waals surface area contributed by atoms with Crippen LogP contribution in [0.4, 0.5) is 4.39 Å². The molecule has 0 bridgehead atoms. The van der Waals surface area contributed by atoms with Gasteiger partial charge in [-0.15, -0.1) is 5.10 Å². The monoisotopic (exact) mass is 660 g/mol. The first-order chi connectivity index (χ1) is 24.0. The second kappa shape index (κ2) is 12.8. The Balaban J connectivity index is 1.05. The normalized spacial score (nSPS) is 14.5. The molecule has 8 rings (SSSR count). The van der Waals surface area contributed by atoms with Crippen LogP contribution in [0.15, 0.2) is 94.0 Å². The third-order valence-corrected chi connectivity index (χ3v) is 8.32. The van der Waals surface area contributed by atoms with E-state index in [1.165, 1.54) is 27.5 Å². The molecular weight excluding hydrogens is 631 g/mol. The average molecular weight is 661 g/mol. The largest absolute Gasteiger partial charge is 0.416 e. The highest BCUT2D eigenvalue weighted by Gasteiger charge is 2.27. The van der Waals surface area contributed by atoms with E-state index < -0.39 is 11.8 Å². The molecule has 1 aliphatic rings. The SMILES string of the molecule is O=C(NCC1CCCO1)c1oc2nc(-c3ccc(F)cc3)nn2c1Cc1cccc(CNC(=O)c2oc3ncnn3c2-c2ccccc2)c1. The van der Waals surface area contributed by atoms with E-state index in [2.05, 4.69) is 30.8 Å². The van der Waals surface area contributed by atoms with Crippen LogP contribution in [-0.2, 0) is 17.7 Å². The highest BCUT2D eigenvalue weighted by atomic mass is 19.1. The molecule has 2 amide bonds. The molecule has 1 saturated heterocycles. The van der Waals surface area contributed by atoms with Crippen LogP contribution in [0.5, 0.6) is 0 Å². The number of benzene rings is 3. The third kappa shape index (κ3) is 6.05. The number of nitrogens with one attached hydrogen (secondary N) is 2. The number of hydrogen-bond acceptors (Lipinski definition) is 9. The van der Waals surface area contributed by atoms with Gasteiger partial charge in [0.1, 0.15) is 23.5 Å². The maximum absolute atomic E-state index is 13.6. The van der Waals surface area contributed by atoms with Gasteiger partial charge < -0.3 is 24.2 Å². The first-order valence-corrected chi connectivity index (χ1v) is 15.8. The van der Waals surface area contributed by atoms with Crippen molar-refractivity contribution in [3.63, 3.8) is 0 Å². The molecule has 13 nitrogen and oxygen atoms in total. The van der Waals surface area contributed by atoms with E-state index in [0.29, 0.717) is 35.9 Å². The number of rotatable bonds is 10. The van der Waals surface area contributed by atoms with Crippen molar-refractivity contribution in [2.45, 2.75) is 31.9 Å². The molecule has 0 aliphatic carbocycles. The van der Waals surface area contributed by atoms with E-state index in [4.69, 9.17) is 13.6 Å². The molecule has 49 heavy (non-hydrogen) atoms. The molecule has 5 heterocycles. The Labute approximate surface area is 277 Å². The third-order valence-electron chi connectivity index (χ3n) is 8.32. The minimum atomic E-state index is -0.422. The Kier molecular flexibility index (Phi) is 7.89. The van der Waals surface area contributed by atoms with Gasteiger partial charge in [0, 0.05) is 37.2 Å². The summed E-state index contributed by atoms with van der Waals surface area (Å²) in [6, 6.07) is 22.8. The van der Waals surface area contributed by atoms with Gasteiger partial charge in [0.25, 0.3) is 11.8 Å². The summed E-state index contributed by atoms with van der Waals surface area (Å²) in [5, 5.41) is 14.7. The lowest BCUT2D eigenvalue weighted by Gasteiger charge is -2.11. The zero-order chi connectivity index (χ0) is 33.3. The van der Waals surface area contributed by atoms with Crippen LogP contribution < -0.4 is 10.6 Å². The standard InChI is InChI=1S/C35H29FN8O5/c36-25-13-11-24(12-14-25)31-41-35-43(42-31)27(29(48-35)32(45)38-19-26-10-5-15-47-26)17-21-6-4-7-22(16-21)18-37-33(46)30-28(23-8-2-1-3-9-23)44-34(49-30)39-20-40-44/h1-4,6-9,11-14,16,20,26H,5,10,15,17-19H2,(H,37,46)(H,38,45). The van der Waals surface area contributed by atoms with Crippen LogP contribution in [0.3, 0.4) is 0 Å². The van der Waals surface area contributed by atoms with Crippen LogP contribution in [-0.4, -0.2) is 60.3 Å². The van der Waals surface area contributed by atoms with Gasteiger partial charge >= 0.3 is 11.7 Å². The molecule has 1 unspecified atom stereocenters. The number of fused-ring (bicyclic) bond motifs is 2. The summed E-state index contributed by atoms with van der Waals surface area (Å²) >= 11 is 0. The maximum Gasteiger partial charge on any atom is 0.325 e. The van der Waals surface area contributed by atoms with Crippen molar-refractivity contribution >= 4 is 23.5 Å². The summed E-state index contributed by atoms with van der Waals surface area (Å²) < 4.78 is 34.0. The molecule has 1 fully saturated rings. The fourth-order valence-corrected chi connectivity index (χ4v) is 5.93. The van der Waals surface area contributed by atoms with Gasteiger partial charge in [-0.2, -0.15) is 24.1 Å². The van der Waals surface area contributed by atoms with Gasteiger partial charge in [-0.3, -0.25) is 9.59 Å². The van der Waals surface area contributed by atoms with Gasteiger partial charge in [0.05, 0.1) is 6.10 Å². The molecule has 14 heteroatoms. The van der Waals surface area contributed by atoms with Crippen LogP contribution in [0.1, 0.15) is 50.8 Å². The van der Waals surface area contributed by atoms with Gasteiger partial charge in [0.2, 0.25) is 11.5 Å². The van der Waals surface area contributed by atoms with Gasteiger partial charge in [-0.1, -0.05) is 54.6 Å². The summed E-state index contributed by atoms with van der Waals surface area (Å²) in [4.78, 5) is 35.4. The van der Waals surface area contributed by atoms with Crippen molar-refractivity contribution in [2.75, 3.05) is 13.2 Å². The predicted octanol–water partition coefficient (Wildman–Crippen LogP) is 4.86. The second-order valence-corrected chi connectivity index (χ2v) is 11.6. The Morgan fingerprint density at radius 2 is 1.65 bits per heavy atom. The number of hydrogen-bond donors (Lipinski definition) is 2. The minimum absolute atomic E-state index is 0.0479. The molecule has 1 atom stereocenters. The lowest BCUT2D eigenvalue weighted by molar-refractivity contribution is 0.0835. The fourth-order valence-electron chi connectivity index (χ4n) is 5.93. The van der Waals surface area contributed by atoms with Crippen molar-refractivity contribution in [3.8, 4) is 22.6 Å².